The van der Waals surface area contributed by atoms with E-state index in [0.717, 1.165) is 42.6 Å². The minimum Gasteiger partial charge on any atom is -0.436 e. The number of esters is 1. The van der Waals surface area contributed by atoms with E-state index in [1.165, 1.54) is 19.3 Å². The summed E-state index contributed by atoms with van der Waals surface area (Å²) in [6.45, 7) is 7.97. The lowest BCUT2D eigenvalue weighted by atomic mass is 9.49. The van der Waals surface area contributed by atoms with Gasteiger partial charge in [0.1, 0.15) is 0 Å². The molecule has 4 rings (SSSR count). The lowest BCUT2D eigenvalue weighted by molar-refractivity contribution is -0.197. The van der Waals surface area contributed by atoms with E-state index in [-0.39, 0.29) is 11.4 Å². The zero-order valence-corrected chi connectivity index (χ0v) is 12.7. The van der Waals surface area contributed by atoms with Crippen LogP contribution in [0, 0.1) is 23.2 Å². The Morgan fingerprint density at radius 2 is 1.70 bits per heavy atom. The Morgan fingerprint density at radius 3 is 2.15 bits per heavy atom. The summed E-state index contributed by atoms with van der Waals surface area (Å²) >= 11 is 0. The van der Waals surface area contributed by atoms with Crippen molar-refractivity contribution in [1.29, 1.82) is 0 Å². The summed E-state index contributed by atoms with van der Waals surface area (Å²) in [7, 11) is 0. The molecule has 4 bridgehead atoms. The van der Waals surface area contributed by atoms with Gasteiger partial charge in [-0.3, -0.25) is 4.79 Å². The van der Waals surface area contributed by atoms with E-state index >= 15 is 0 Å². The molecule has 112 valence electrons. The second kappa shape index (κ2) is 5.18. The molecule has 3 nitrogen and oxygen atoms in total. The van der Waals surface area contributed by atoms with Crippen LogP contribution in [0.2, 0.25) is 0 Å². The Kier molecular flexibility index (Phi) is 3.65. The van der Waals surface area contributed by atoms with E-state index < -0.39 is 6.29 Å². The summed E-state index contributed by atoms with van der Waals surface area (Å²) in [5, 5.41) is 0. The van der Waals surface area contributed by atoms with Gasteiger partial charge in [0, 0.05) is 0 Å². The smallest absolute Gasteiger partial charge is 0.314 e. The molecule has 1 unspecified atom stereocenters. The highest BCUT2D eigenvalue weighted by Crippen LogP contribution is 2.60. The maximum Gasteiger partial charge on any atom is 0.314 e. The molecule has 20 heavy (non-hydrogen) atoms. The van der Waals surface area contributed by atoms with Crippen LogP contribution in [0.15, 0.2) is 12.2 Å². The van der Waals surface area contributed by atoms with Crippen LogP contribution in [0.25, 0.3) is 0 Å². The van der Waals surface area contributed by atoms with Gasteiger partial charge in [0.05, 0.1) is 12.0 Å². The average Bonchev–Trinajstić information content (AvgIpc) is 2.34. The number of carbonyl (C=O) groups excluding carboxylic acids is 1. The zero-order valence-electron chi connectivity index (χ0n) is 12.7. The van der Waals surface area contributed by atoms with Gasteiger partial charge in [-0.2, -0.15) is 0 Å². The Hall–Kier alpha value is -0.830. The van der Waals surface area contributed by atoms with E-state index in [2.05, 4.69) is 6.58 Å². The first kappa shape index (κ1) is 14.1. The maximum atomic E-state index is 12.6. The molecule has 0 radical (unpaired) electrons. The fourth-order valence-corrected chi connectivity index (χ4v) is 4.93. The Morgan fingerprint density at radius 1 is 1.20 bits per heavy atom. The first-order valence-corrected chi connectivity index (χ1v) is 7.94. The van der Waals surface area contributed by atoms with Gasteiger partial charge in [-0.15, -0.1) is 0 Å². The van der Waals surface area contributed by atoms with Crippen molar-refractivity contribution < 1.29 is 14.3 Å². The average molecular weight is 278 g/mol. The summed E-state index contributed by atoms with van der Waals surface area (Å²) in [5.41, 5.74) is 0.762. The first-order chi connectivity index (χ1) is 9.47. The molecular weight excluding hydrogens is 252 g/mol. The predicted octanol–water partition coefficient (Wildman–Crippen LogP) is 3.68. The van der Waals surface area contributed by atoms with Crippen LogP contribution in [-0.2, 0) is 14.3 Å². The molecule has 0 N–H and O–H groups in total. The van der Waals surface area contributed by atoms with Crippen molar-refractivity contribution in [3.8, 4) is 0 Å². The van der Waals surface area contributed by atoms with E-state index in [4.69, 9.17) is 9.47 Å². The Labute approximate surface area is 121 Å². The monoisotopic (exact) mass is 278 g/mol. The van der Waals surface area contributed by atoms with Gasteiger partial charge in [-0.1, -0.05) is 12.2 Å². The SMILES string of the molecule is C=C(C)COC(C)OC(=O)C12CC3CC(CC(C3)C1)C2. The highest BCUT2D eigenvalue weighted by atomic mass is 16.7. The van der Waals surface area contributed by atoms with Gasteiger partial charge in [0.15, 0.2) is 6.29 Å². The number of hydrogen-bond donors (Lipinski definition) is 0. The maximum absolute atomic E-state index is 12.6. The van der Waals surface area contributed by atoms with Crippen LogP contribution in [0.1, 0.15) is 52.4 Å². The van der Waals surface area contributed by atoms with Crippen LogP contribution < -0.4 is 0 Å². The lowest BCUT2D eigenvalue weighted by Crippen LogP contribution is -2.51. The van der Waals surface area contributed by atoms with Gasteiger partial charge in [-0.05, 0) is 70.1 Å². The summed E-state index contributed by atoms with van der Waals surface area (Å²) in [6, 6.07) is 0. The van der Waals surface area contributed by atoms with Crippen molar-refractivity contribution in [3.05, 3.63) is 12.2 Å². The standard InChI is InChI=1S/C17H26O3/c1-11(2)10-19-12(3)20-16(18)17-7-13-4-14(8-17)6-15(5-13)9-17/h12-15H,1,4-10H2,2-3H3. The van der Waals surface area contributed by atoms with Gasteiger partial charge in [0.2, 0.25) is 0 Å². The van der Waals surface area contributed by atoms with Crippen LogP contribution in [0.5, 0.6) is 0 Å². The predicted molar refractivity (Wildman–Crippen MR) is 76.9 cm³/mol. The van der Waals surface area contributed by atoms with E-state index in [1.54, 1.807) is 6.92 Å². The van der Waals surface area contributed by atoms with Crippen LogP contribution >= 0.6 is 0 Å². The van der Waals surface area contributed by atoms with Crippen LogP contribution in [0.4, 0.5) is 0 Å². The summed E-state index contributed by atoms with van der Waals surface area (Å²) in [5.74, 6) is 2.28. The molecule has 4 aliphatic carbocycles. The Balaban J connectivity index is 1.61. The van der Waals surface area contributed by atoms with Gasteiger partial charge in [0.25, 0.3) is 0 Å². The summed E-state index contributed by atoms with van der Waals surface area (Å²) in [4.78, 5) is 12.6. The molecule has 4 saturated carbocycles. The van der Waals surface area contributed by atoms with E-state index in [1.807, 2.05) is 6.92 Å². The Bertz CT molecular complexity index is 377. The third-order valence-electron chi connectivity index (χ3n) is 5.31. The van der Waals surface area contributed by atoms with Crippen molar-refractivity contribution in [2.75, 3.05) is 6.61 Å². The molecule has 3 heteroatoms. The lowest BCUT2D eigenvalue weighted by Gasteiger charge is -2.55. The topological polar surface area (TPSA) is 35.5 Å². The number of carbonyl (C=O) groups is 1. The summed E-state index contributed by atoms with van der Waals surface area (Å²) < 4.78 is 11.1. The molecule has 0 aliphatic heterocycles. The van der Waals surface area contributed by atoms with Crippen molar-refractivity contribution >= 4 is 5.97 Å². The van der Waals surface area contributed by atoms with Crippen LogP contribution in [0.3, 0.4) is 0 Å². The molecule has 0 heterocycles. The third kappa shape index (κ3) is 2.65. The molecule has 0 aromatic rings. The molecule has 4 aliphatic rings. The normalized spacial score (nSPS) is 39.6. The highest BCUT2D eigenvalue weighted by Gasteiger charge is 2.55. The molecule has 0 amide bonds. The minimum absolute atomic E-state index is 0.00850. The quantitative estimate of drug-likeness (QED) is 0.437. The fourth-order valence-electron chi connectivity index (χ4n) is 4.93. The number of hydrogen-bond acceptors (Lipinski definition) is 3. The van der Waals surface area contributed by atoms with Crippen molar-refractivity contribution in [2.24, 2.45) is 23.2 Å². The van der Waals surface area contributed by atoms with Crippen molar-refractivity contribution in [3.63, 3.8) is 0 Å². The second-order valence-corrected chi connectivity index (χ2v) is 7.44. The fraction of sp³-hybridized carbons (Fsp3) is 0.824. The van der Waals surface area contributed by atoms with E-state index in [9.17, 15) is 4.79 Å². The molecule has 0 aromatic heterocycles. The molecule has 0 aromatic carbocycles. The summed E-state index contributed by atoms with van der Waals surface area (Å²) in [6.07, 6.45) is 6.70. The van der Waals surface area contributed by atoms with Gasteiger partial charge in [-0.25, -0.2) is 0 Å². The molecule has 0 saturated heterocycles. The van der Waals surface area contributed by atoms with E-state index in [0.29, 0.717) is 6.61 Å². The molecular formula is C17H26O3. The van der Waals surface area contributed by atoms with Crippen molar-refractivity contribution in [1.82, 2.24) is 0 Å². The van der Waals surface area contributed by atoms with Gasteiger partial charge >= 0.3 is 5.97 Å². The molecule has 0 spiro atoms. The zero-order chi connectivity index (χ0) is 14.3. The first-order valence-electron chi connectivity index (χ1n) is 7.94. The highest BCUT2D eigenvalue weighted by molar-refractivity contribution is 5.77. The molecule has 1 atom stereocenters. The number of rotatable bonds is 5. The largest absolute Gasteiger partial charge is 0.436 e. The molecule has 4 fully saturated rings. The minimum atomic E-state index is -0.466. The number of ether oxygens (including phenoxy) is 2. The second-order valence-electron chi connectivity index (χ2n) is 7.44. The van der Waals surface area contributed by atoms with Crippen LogP contribution in [-0.4, -0.2) is 18.9 Å². The third-order valence-corrected chi connectivity index (χ3v) is 5.31. The van der Waals surface area contributed by atoms with Crippen molar-refractivity contribution in [2.45, 2.75) is 58.7 Å². The van der Waals surface area contributed by atoms with Gasteiger partial charge < -0.3 is 9.47 Å².